The second-order valence-electron chi connectivity index (χ2n) is 8.56. The minimum atomic E-state index is -0.234. The lowest BCUT2D eigenvalue weighted by Gasteiger charge is -2.34. The Morgan fingerprint density at radius 1 is 0.973 bits per heavy atom. The number of hydrogen-bond acceptors (Lipinski definition) is 8. The fourth-order valence-corrected chi connectivity index (χ4v) is 5.16. The Balaban J connectivity index is 1.37. The lowest BCUT2D eigenvalue weighted by atomic mass is 10.2. The summed E-state index contributed by atoms with van der Waals surface area (Å²) in [5, 5.41) is 9.79. The van der Waals surface area contributed by atoms with Crippen LogP contribution >= 0.6 is 23.4 Å². The van der Waals surface area contributed by atoms with Crippen molar-refractivity contribution in [1.29, 1.82) is 0 Å². The molecule has 1 aliphatic rings. The minimum Gasteiger partial charge on any atom is -0.459 e. The molecule has 0 spiro atoms. The van der Waals surface area contributed by atoms with Crippen molar-refractivity contribution in [3.8, 4) is 5.69 Å². The average Bonchev–Trinajstić information content (AvgIpc) is 3.57. The standard InChI is InChI=1S/C25H24ClN7O3S/c1-16-14-17(2)28-25(27-16)37-15-20-22(29-30-33(20)19-7-5-18(26)6-8-19)24(35)32-11-9-31(10-12-32)23(34)21-4-3-13-36-21/h3-8,13-14H,9-12,15H2,1-2H3. The maximum absolute atomic E-state index is 13.6. The molecule has 4 heterocycles. The number of benzene rings is 1. The van der Waals surface area contributed by atoms with Gasteiger partial charge >= 0.3 is 0 Å². The maximum Gasteiger partial charge on any atom is 0.289 e. The molecule has 1 aromatic carbocycles. The molecule has 3 aromatic heterocycles. The summed E-state index contributed by atoms with van der Waals surface area (Å²) in [6.07, 6.45) is 1.47. The smallest absolute Gasteiger partial charge is 0.289 e. The summed E-state index contributed by atoms with van der Waals surface area (Å²) < 4.78 is 6.87. The van der Waals surface area contributed by atoms with Crippen LogP contribution in [-0.4, -0.2) is 72.8 Å². The van der Waals surface area contributed by atoms with E-state index in [1.807, 2.05) is 32.0 Å². The molecule has 0 aliphatic carbocycles. The van der Waals surface area contributed by atoms with Crippen LogP contribution in [0, 0.1) is 13.8 Å². The monoisotopic (exact) mass is 537 g/mol. The van der Waals surface area contributed by atoms with E-state index in [9.17, 15) is 9.59 Å². The second kappa shape index (κ2) is 10.7. The van der Waals surface area contributed by atoms with E-state index in [1.165, 1.54) is 18.0 Å². The van der Waals surface area contributed by atoms with Gasteiger partial charge in [-0.15, -0.1) is 5.10 Å². The van der Waals surface area contributed by atoms with Gasteiger partial charge in [0.1, 0.15) is 0 Å². The fraction of sp³-hybridized carbons (Fsp3) is 0.280. The molecule has 0 bridgehead atoms. The van der Waals surface area contributed by atoms with Crippen LogP contribution in [0.3, 0.4) is 0 Å². The van der Waals surface area contributed by atoms with Crippen molar-refractivity contribution in [1.82, 2.24) is 34.8 Å². The van der Waals surface area contributed by atoms with Crippen molar-refractivity contribution < 1.29 is 14.0 Å². The molecule has 37 heavy (non-hydrogen) atoms. The number of aryl methyl sites for hydroxylation is 2. The number of nitrogens with zero attached hydrogens (tertiary/aromatic N) is 7. The van der Waals surface area contributed by atoms with E-state index in [0.717, 1.165) is 17.1 Å². The number of piperazine rings is 1. The number of carbonyl (C=O) groups is 2. The van der Waals surface area contributed by atoms with Crippen molar-refractivity contribution in [2.24, 2.45) is 0 Å². The Kier molecular flexibility index (Phi) is 7.24. The summed E-state index contributed by atoms with van der Waals surface area (Å²) in [5.74, 6) is 0.258. The van der Waals surface area contributed by atoms with Crippen LogP contribution in [0.2, 0.25) is 5.02 Å². The van der Waals surface area contributed by atoms with E-state index in [0.29, 0.717) is 53.6 Å². The molecule has 0 radical (unpaired) electrons. The summed E-state index contributed by atoms with van der Waals surface area (Å²) in [6, 6.07) is 12.4. The van der Waals surface area contributed by atoms with Gasteiger partial charge in [-0.25, -0.2) is 14.6 Å². The number of hydrogen-bond donors (Lipinski definition) is 0. The molecule has 4 aromatic rings. The zero-order valence-corrected chi connectivity index (χ0v) is 21.9. The molecule has 10 nitrogen and oxygen atoms in total. The fourth-order valence-electron chi connectivity index (χ4n) is 4.10. The average molecular weight is 538 g/mol. The van der Waals surface area contributed by atoms with E-state index in [-0.39, 0.29) is 17.5 Å². The number of thioether (sulfide) groups is 1. The number of rotatable bonds is 6. The van der Waals surface area contributed by atoms with Crippen molar-refractivity contribution in [2.75, 3.05) is 26.2 Å². The Bertz CT molecular complexity index is 1390. The van der Waals surface area contributed by atoms with Gasteiger partial charge in [-0.05, 0) is 56.3 Å². The minimum absolute atomic E-state index is 0.184. The highest BCUT2D eigenvalue weighted by Gasteiger charge is 2.30. The van der Waals surface area contributed by atoms with Crippen LogP contribution in [0.1, 0.15) is 38.1 Å². The number of furan rings is 1. The van der Waals surface area contributed by atoms with Crippen LogP contribution in [-0.2, 0) is 5.75 Å². The first kappa shape index (κ1) is 25.0. The van der Waals surface area contributed by atoms with Gasteiger partial charge in [0.05, 0.1) is 17.6 Å². The third kappa shape index (κ3) is 5.52. The molecule has 190 valence electrons. The molecular weight excluding hydrogens is 514 g/mol. The molecule has 5 rings (SSSR count). The third-order valence-corrected chi connectivity index (χ3v) is 7.03. The van der Waals surface area contributed by atoms with Crippen molar-refractivity contribution in [2.45, 2.75) is 24.8 Å². The largest absolute Gasteiger partial charge is 0.459 e. The van der Waals surface area contributed by atoms with E-state index >= 15 is 0 Å². The summed E-state index contributed by atoms with van der Waals surface area (Å²) in [7, 11) is 0. The first-order valence-electron chi connectivity index (χ1n) is 11.7. The molecule has 2 amide bonds. The summed E-state index contributed by atoms with van der Waals surface area (Å²) in [5.41, 5.74) is 3.38. The van der Waals surface area contributed by atoms with E-state index < -0.39 is 0 Å². The van der Waals surface area contributed by atoms with Gasteiger partial charge in [0, 0.05) is 48.3 Å². The zero-order valence-electron chi connectivity index (χ0n) is 20.3. The van der Waals surface area contributed by atoms with Gasteiger partial charge < -0.3 is 14.2 Å². The Hall–Kier alpha value is -3.70. The summed E-state index contributed by atoms with van der Waals surface area (Å²) in [6.45, 7) is 5.40. The molecular formula is C25H24ClN7O3S. The SMILES string of the molecule is Cc1cc(C)nc(SCc2c(C(=O)N3CCN(C(=O)c4ccco4)CC3)nnn2-c2ccc(Cl)cc2)n1. The summed E-state index contributed by atoms with van der Waals surface area (Å²) >= 11 is 7.49. The van der Waals surface area contributed by atoms with Crippen LogP contribution in [0.15, 0.2) is 58.3 Å². The van der Waals surface area contributed by atoms with Gasteiger partial charge in [0.2, 0.25) is 0 Å². The van der Waals surface area contributed by atoms with E-state index in [2.05, 4.69) is 20.3 Å². The summed E-state index contributed by atoms with van der Waals surface area (Å²) in [4.78, 5) is 38.5. The molecule has 0 saturated carbocycles. The second-order valence-corrected chi connectivity index (χ2v) is 9.94. The molecule has 1 aliphatic heterocycles. The normalized spacial score (nSPS) is 13.7. The van der Waals surface area contributed by atoms with E-state index in [4.69, 9.17) is 16.0 Å². The van der Waals surface area contributed by atoms with Crippen LogP contribution in [0.5, 0.6) is 0 Å². The number of halogens is 1. The Labute approximate surface area is 222 Å². The predicted octanol–water partition coefficient (Wildman–Crippen LogP) is 3.81. The molecule has 0 N–H and O–H groups in total. The van der Waals surface area contributed by atoms with Gasteiger partial charge in [-0.2, -0.15) is 0 Å². The van der Waals surface area contributed by atoms with Gasteiger partial charge in [-0.1, -0.05) is 28.6 Å². The molecule has 12 heteroatoms. The Morgan fingerprint density at radius 2 is 1.62 bits per heavy atom. The van der Waals surface area contributed by atoms with E-state index in [1.54, 1.807) is 38.7 Å². The topological polar surface area (TPSA) is 110 Å². The first-order chi connectivity index (χ1) is 17.9. The van der Waals surface area contributed by atoms with Gasteiger partial charge in [0.25, 0.3) is 11.8 Å². The number of amides is 2. The van der Waals surface area contributed by atoms with Crippen molar-refractivity contribution in [3.63, 3.8) is 0 Å². The van der Waals surface area contributed by atoms with Gasteiger partial charge in [0.15, 0.2) is 16.6 Å². The molecule has 1 saturated heterocycles. The zero-order chi connectivity index (χ0) is 25.9. The van der Waals surface area contributed by atoms with Crippen molar-refractivity contribution >= 4 is 35.2 Å². The third-order valence-electron chi connectivity index (χ3n) is 5.92. The number of aromatic nitrogens is 5. The number of carbonyl (C=O) groups excluding carboxylic acids is 2. The first-order valence-corrected chi connectivity index (χ1v) is 13.0. The molecule has 0 unspecified atom stereocenters. The van der Waals surface area contributed by atoms with Crippen LogP contribution in [0.25, 0.3) is 5.69 Å². The van der Waals surface area contributed by atoms with Crippen LogP contribution < -0.4 is 0 Å². The molecule has 0 atom stereocenters. The molecule has 1 fully saturated rings. The van der Waals surface area contributed by atoms with Crippen molar-refractivity contribution in [3.05, 3.63) is 82.3 Å². The predicted molar refractivity (Wildman–Crippen MR) is 138 cm³/mol. The lowest BCUT2D eigenvalue weighted by molar-refractivity contribution is 0.0514. The maximum atomic E-state index is 13.6. The highest BCUT2D eigenvalue weighted by molar-refractivity contribution is 7.98. The lowest BCUT2D eigenvalue weighted by Crippen LogP contribution is -2.50. The Morgan fingerprint density at radius 3 is 2.24 bits per heavy atom. The quantitative estimate of drug-likeness (QED) is 0.270. The highest BCUT2D eigenvalue weighted by Crippen LogP contribution is 2.25. The van der Waals surface area contributed by atoms with Crippen LogP contribution in [0.4, 0.5) is 0 Å². The highest BCUT2D eigenvalue weighted by atomic mass is 35.5. The van der Waals surface area contributed by atoms with Gasteiger partial charge in [-0.3, -0.25) is 9.59 Å².